The molecule has 17 heavy (non-hydrogen) atoms. The summed E-state index contributed by atoms with van der Waals surface area (Å²) in [6.45, 7) is 6.78. The van der Waals surface area contributed by atoms with Crippen molar-refractivity contribution in [1.82, 2.24) is 0 Å². The lowest BCUT2D eigenvalue weighted by molar-refractivity contribution is 0.194. The van der Waals surface area contributed by atoms with Gasteiger partial charge in [-0.25, -0.2) is 4.39 Å². The third-order valence-corrected chi connectivity index (χ3v) is 2.90. The van der Waals surface area contributed by atoms with E-state index in [9.17, 15) is 9.50 Å². The average molecular weight is 239 g/mol. The molecule has 0 saturated carbocycles. The topological polar surface area (TPSA) is 23.5 Å². The van der Waals surface area contributed by atoms with Crippen LogP contribution in [0.2, 0.25) is 0 Å². The molecule has 1 atom stereocenters. The van der Waals surface area contributed by atoms with Gasteiger partial charge in [0, 0.05) is 24.8 Å². The quantitative estimate of drug-likeness (QED) is 0.851. The molecule has 0 aliphatic carbocycles. The normalized spacial score (nSPS) is 12.9. The van der Waals surface area contributed by atoms with Crippen molar-refractivity contribution in [3.63, 3.8) is 0 Å². The monoisotopic (exact) mass is 239 g/mol. The first kappa shape index (κ1) is 14.0. The molecule has 0 radical (unpaired) electrons. The van der Waals surface area contributed by atoms with Gasteiger partial charge in [0.05, 0.1) is 6.10 Å². The summed E-state index contributed by atoms with van der Waals surface area (Å²) >= 11 is 0. The van der Waals surface area contributed by atoms with Gasteiger partial charge in [0.25, 0.3) is 0 Å². The maximum atomic E-state index is 13.7. The van der Waals surface area contributed by atoms with Crippen LogP contribution in [0.1, 0.15) is 38.9 Å². The van der Waals surface area contributed by atoms with Crippen LogP contribution in [-0.4, -0.2) is 18.7 Å². The van der Waals surface area contributed by atoms with Crippen LogP contribution >= 0.6 is 0 Å². The Morgan fingerprint density at radius 2 is 1.94 bits per heavy atom. The zero-order chi connectivity index (χ0) is 13.0. The van der Waals surface area contributed by atoms with Crippen LogP contribution in [-0.2, 0) is 0 Å². The molecule has 0 unspecified atom stereocenters. The van der Waals surface area contributed by atoms with Crippen LogP contribution in [0.4, 0.5) is 10.1 Å². The van der Waals surface area contributed by atoms with Crippen molar-refractivity contribution in [2.24, 2.45) is 5.92 Å². The molecule has 0 aliphatic heterocycles. The fraction of sp³-hybridized carbons (Fsp3) is 0.571. The molecule has 0 heterocycles. The number of hydrogen-bond donors (Lipinski definition) is 1. The Bertz CT molecular complexity index is 363. The molecule has 1 rings (SSSR count). The second-order valence-corrected chi connectivity index (χ2v) is 4.95. The molecular weight excluding hydrogens is 217 g/mol. The number of rotatable bonds is 5. The number of nitrogens with zero attached hydrogens (tertiary/aromatic N) is 1. The number of hydrogen-bond acceptors (Lipinski definition) is 2. The lowest BCUT2D eigenvalue weighted by Crippen LogP contribution is -2.22. The third-order valence-electron chi connectivity index (χ3n) is 2.90. The molecular formula is C14H22FNO. The van der Waals surface area contributed by atoms with Gasteiger partial charge in [-0.3, -0.25) is 0 Å². The van der Waals surface area contributed by atoms with E-state index in [1.165, 1.54) is 6.07 Å². The minimum atomic E-state index is -0.785. The van der Waals surface area contributed by atoms with Gasteiger partial charge in [-0.1, -0.05) is 19.9 Å². The first-order valence-electron chi connectivity index (χ1n) is 6.11. The van der Waals surface area contributed by atoms with E-state index in [4.69, 9.17) is 0 Å². The molecule has 1 N–H and O–H groups in total. The van der Waals surface area contributed by atoms with Crippen molar-refractivity contribution in [2.45, 2.75) is 33.3 Å². The summed E-state index contributed by atoms with van der Waals surface area (Å²) in [6, 6.07) is 4.93. The molecule has 0 fully saturated rings. The smallest absolute Gasteiger partial charge is 0.131 e. The van der Waals surface area contributed by atoms with E-state index < -0.39 is 6.10 Å². The molecule has 0 spiro atoms. The SMILES string of the molecule is CC(C)CCN(C)c1cccc(F)c1[C@@H](C)O. The zero-order valence-electron chi connectivity index (χ0n) is 11.1. The molecule has 0 aromatic heterocycles. The van der Waals surface area contributed by atoms with Crippen molar-refractivity contribution in [3.05, 3.63) is 29.6 Å². The maximum absolute atomic E-state index is 13.7. The molecule has 0 amide bonds. The molecule has 0 bridgehead atoms. The van der Waals surface area contributed by atoms with Crippen LogP contribution in [0.3, 0.4) is 0 Å². The predicted molar refractivity (Wildman–Crippen MR) is 69.8 cm³/mol. The van der Waals surface area contributed by atoms with Gasteiger partial charge in [-0.15, -0.1) is 0 Å². The summed E-state index contributed by atoms with van der Waals surface area (Å²) in [7, 11) is 1.93. The molecule has 0 aliphatic rings. The van der Waals surface area contributed by atoms with Gasteiger partial charge >= 0.3 is 0 Å². The van der Waals surface area contributed by atoms with E-state index in [1.54, 1.807) is 13.0 Å². The zero-order valence-corrected chi connectivity index (χ0v) is 11.1. The van der Waals surface area contributed by atoms with E-state index in [0.29, 0.717) is 11.5 Å². The van der Waals surface area contributed by atoms with Crippen molar-refractivity contribution in [3.8, 4) is 0 Å². The van der Waals surface area contributed by atoms with Crippen LogP contribution < -0.4 is 4.90 Å². The highest BCUT2D eigenvalue weighted by atomic mass is 19.1. The summed E-state index contributed by atoms with van der Waals surface area (Å²) in [6.07, 6.45) is 0.263. The Kier molecular flexibility index (Phi) is 4.94. The van der Waals surface area contributed by atoms with Crippen LogP contribution in [0.5, 0.6) is 0 Å². The fourth-order valence-electron chi connectivity index (χ4n) is 1.84. The standard InChI is InChI=1S/C14H22FNO/c1-10(2)8-9-16(4)13-7-5-6-12(15)14(13)11(3)17/h5-7,10-11,17H,8-9H2,1-4H3/t11-/m1/s1. The molecule has 0 saturated heterocycles. The molecule has 96 valence electrons. The Labute approximate surface area is 103 Å². The summed E-state index contributed by atoms with van der Waals surface area (Å²) in [5.41, 5.74) is 1.17. The highest BCUT2D eigenvalue weighted by Crippen LogP contribution is 2.28. The summed E-state index contributed by atoms with van der Waals surface area (Å²) < 4.78 is 13.7. The van der Waals surface area contributed by atoms with E-state index in [-0.39, 0.29) is 5.82 Å². The van der Waals surface area contributed by atoms with E-state index in [2.05, 4.69) is 13.8 Å². The number of benzene rings is 1. The second kappa shape index (κ2) is 6.01. The first-order chi connectivity index (χ1) is 7.93. The third kappa shape index (κ3) is 3.70. The van der Waals surface area contributed by atoms with Gasteiger partial charge in [0.1, 0.15) is 5.82 Å². The van der Waals surface area contributed by atoms with Crippen molar-refractivity contribution >= 4 is 5.69 Å². The lowest BCUT2D eigenvalue weighted by atomic mass is 10.1. The average Bonchev–Trinajstić information content (AvgIpc) is 2.24. The maximum Gasteiger partial charge on any atom is 0.131 e. The Morgan fingerprint density at radius 3 is 2.47 bits per heavy atom. The summed E-state index contributed by atoms with van der Waals surface area (Å²) in [5, 5.41) is 9.65. The van der Waals surface area contributed by atoms with Gasteiger partial charge in [-0.05, 0) is 31.4 Å². The minimum Gasteiger partial charge on any atom is -0.389 e. The highest BCUT2D eigenvalue weighted by Gasteiger charge is 2.16. The highest BCUT2D eigenvalue weighted by molar-refractivity contribution is 5.54. The van der Waals surface area contributed by atoms with Crippen molar-refractivity contribution in [2.75, 3.05) is 18.5 Å². The predicted octanol–water partition coefficient (Wildman–Crippen LogP) is 3.36. The number of anilines is 1. The van der Waals surface area contributed by atoms with E-state index >= 15 is 0 Å². The largest absolute Gasteiger partial charge is 0.389 e. The lowest BCUT2D eigenvalue weighted by Gasteiger charge is -2.24. The van der Waals surface area contributed by atoms with Crippen molar-refractivity contribution < 1.29 is 9.50 Å². The summed E-state index contributed by atoms with van der Waals surface area (Å²) in [4.78, 5) is 2.01. The second-order valence-electron chi connectivity index (χ2n) is 4.95. The number of aliphatic hydroxyl groups excluding tert-OH is 1. The molecule has 1 aromatic carbocycles. The Balaban J connectivity index is 2.92. The van der Waals surface area contributed by atoms with E-state index in [1.807, 2.05) is 18.0 Å². The first-order valence-corrected chi connectivity index (χ1v) is 6.11. The fourth-order valence-corrected chi connectivity index (χ4v) is 1.84. The van der Waals surface area contributed by atoms with Gasteiger partial charge in [-0.2, -0.15) is 0 Å². The Hall–Kier alpha value is -1.09. The van der Waals surface area contributed by atoms with Gasteiger partial charge in [0.2, 0.25) is 0 Å². The van der Waals surface area contributed by atoms with Crippen LogP contribution in [0, 0.1) is 11.7 Å². The van der Waals surface area contributed by atoms with Crippen LogP contribution in [0.25, 0.3) is 0 Å². The Morgan fingerprint density at radius 1 is 1.29 bits per heavy atom. The molecule has 1 aromatic rings. The molecule has 2 nitrogen and oxygen atoms in total. The molecule has 3 heteroatoms. The summed E-state index contributed by atoms with van der Waals surface area (Å²) in [5.74, 6) is 0.273. The van der Waals surface area contributed by atoms with Gasteiger partial charge in [0.15, 0.2) is 0 Å². The van der Waals surface area contributed by atoms with E-state index in [0.717, 1.165) is 18.7 Å². The van der Waals surface area contributed by atoms with Crippen molar-refractivity contribution in [1.29, 1.82) is 0 Å². The van der Waals surface area contributed by atoms with Crippen LogP contribution in [0.15, 0.2) is 18.2 Å². The number of aliphatic hydroxyl groups is 1. The minimum absolute atomic E-state index is 0.339. The number of halogens is 1. The van der Waals surface area contributed by atoms with Gasteiger partial charge < -0.3 is 10.0 Å².